The van der Waals surface area contributed by atoms with Gasteiger partial charge in [-0.1, -0.05) is 19.8 Å². The number of aryl methyl sites for hydroxylation is 1. The van der Waals surface area contributed by atoms with E-state index in [1.165, 1.54) is 36.1 Å². The van der Waals surface area contributed by atoms with Gasteiger partial charge in [0.15, 0.2) is 0 Å². The molecule has 1 atom stereocenters. The van der Waals surface area contributed by atoms with Crippen molar-refractivity contribution < 1.29 is 0 Å². The van der Waals surface area contributed by atoms with Gasteiger partial charge in [0.25, 0.3) is 0 Å². The molecule has 15 heavy (non-hydrogen) atoms. The van der Waals surface area contributed by atoms with Crippen molar-refractivity contribution in [3.05, 3.63) is 21.9 Å². The summed E-state index contributed by atoms with van der Waals surface area (Å²) in [6.07, 6.45) is 5.54. The van der Waals surface area contributed by atoms with Crippen LogP contribution in [0.3, 0.4) is 0 Å². The molecule has 1 aromatic heterocycles. The Morgan fingerprint density at radius 3 is 2.53 bits per heavy atom. The van der Waals surface area contributed by atoms with Crippen molar-refractivity contribution in [2.75, 3.05) is 7.05 Å². The van der Waals surface area contributed by atoms with Crippen molar-refractivity contribution >= 4 is 11.3 Å². The fourth-order valence-electron chi connectivity index (χ4n) is 3.05. The lowest BCUT2D eigenvalue weighted by molar-refractivity contribution is 0.233. The zero-order valence-electron chi connectivity index (χ0n) is 9.97. The third-order valence-electron chi connectivity index (χ3n) is 3.94. The van der Waals surface area contributed by atoms with Crippen LogP contribution in [0.5, 0.6) is 0 Å². The fourth-order valence-corrected chi connectivity index (χ4v) is 3.79. The van der Waals surface area contributed by atoms with Gasteiger partial charge in [-0.25, -0.2) is 0 Å². The molecule has 0 spiro atoms. The van der Waals surface area contributed by atoms with Gasteiger partial charge in [-0.3, -0.25) is 0 Å². The molecule has 84 valence electrons. The second-order valence-electron chi connectivity index (χ2n) is 5.01. The van der Waals surface area contributed by atoms with Crippen molar-refractivity contribution in [1.82, 2.24) is 5.32 Å². The first-order valence-electron chi connectivity index (χ1n) is 5.88. The van der Waals surface area contributed by atoms with Gasteiger partial charge >= 0.3 is 0 Å². The molecule has 0 saturated heterocycles. The van der Waals surface area contributed by atoms with Crippen LogP contribution in [0.2, 0.25) is 0 Å². The standard InChI is InChI=1S/C13H21NS/c1-10-11(6-9-15-10)12(14-3)13(2)7-4-5-8-13/h6,9,12,14H,4-5,7-8H2,1-3H3. The average Bonchev–Trinajstić information content (AvgIpc) is 2.79. The molecular formula is C13H21NS. The van der Waals surface area contributed by atoms with E-state index < -0.39 is 0 Å². The second-order valence-corrected chi connectivity index (χ2v) is 6.14. The zero-order valence-corrected chi connectivity index (χ0v) is 10.8. The number of hydrogen-bond donors (Lipinski definition) is 1. The van der Waals surface area contributed by atoms with Crippen molar-refractivity contribution in [2.45, 2.75) is 45.6 Å². The lowest BCUT2D eigenvalue weighted by Gasteiger charge is -2.34. The monoisotopic (exact) mass is 223 g/mol. The Labute approximate surface area is 96.9 Å². The van der Waals surface area contributed by atoms with Gasteiger partial charge in [-0.05, 0) is 49.2 Å². The number of nitrogens with one attached hydrogen (secondary N) is 1. The molecule has 2 heteroatoms. The van der Waals surface area contributed by atoms with Crippen molar-refractivity contribution in [2.24, 2.45) is 5.41 Å². The van der Waals surface area contributed by atoms with E-state index in [-0.39, 0.29) is 0 Å². The minimum absolute atomic E-state index is 0.473. The molecule has 1 saturated carbocycles. The SMILES string of the molecule is CNC(c1ccsc1C)C1(C)CCCC1. The van der Waals surface area contributed by atoms with Crippen LogP contribution in [0.1, 0.15) is 49.1 Å². The van der Waals surface area contributed by atoms with Gasteiger partial charge in [-0.2, -0.15) is 0 Å². The van der Waals surface area contributed by atoms with Crippen LogP contribution in [-0.2, 0) is 0 Å². The van der Waals surface area contributed by atoms with E-state index in [1.807, 2.05) is 11.3 Å². The summed E-state index contributed by atoms with van der Waals surface area (Å²) in [5.41, 5.74) is 1.99. The molecule has 1 fully saturated rings. The summed E-state index contributed by atoms with van der Waals surface area (Å²) in [4.78, 5) is 1.47. The molecule has 1 aliphatic carbocycles. The van der Waals surface area contributed by atoms with Crippen molar-refractivity contribution in [3.63, 3.8) is 0 Å². The van der Waals surface area contributed by atoms with Gasteiger partial charge in [0, 0.05) is 10.9 Å². The summed E-state index contributed by atoms with van der Waals surface area (Å²) in [5, 5.41) is 5.75. The highest BCUT2D eigenvalue weighted by atomic mass is 32.1. The molecule has 0 bridgehead atoms. The Hall–Kier alpha value is -0.340. The van der Waals surface area contributed by atoms with Crippen LogP contribution in [0.25, 0.3) is 0 Å². The molecule has 0 radical (unpaired) electrons. The number of hydrogen-bond acceptors (Lipinski definition) is 2. The Morgan fingerprint density at radius 2 is 2.07 bits per heavy atom. The summed E-state index contributed by atoms with van der Waals surface area (Å²) in [7, 11) is 2.10. The van der Waals surface area contributed by atoms with E-state index >= 15 is 0 Å². The van der Waals surface area contributed by atoms with E-state index in [2.05, 4.69) is 37.7 Å². The molecule has 1 aromatic rings. The topological polar surface area (TPSA) is 12.0 Å². The highest BCUT2D eigenvalue weighted by Gasteiger charge is 2.37. The summed E-state index contributed by atoms with van der Waals surface area (Å²) in [6, 6.07) is 2.84. The third-order valence-corrected chi connectivity index (χ3v) is 4.80. The highest BCUT2D eigenvalue weighted by molar-refractivity contribution is 7.10. The largest absolute Gasteiger partial charge is 0.313 e. The maximum absolute atomic E-state index is 3.53. The zero-order chi connectivity index (χ0) is 10.9. The minimum atomic E-state index is 0.473. The van der Waals surface area contributed by atoms with Gasteiger partial charge in [0.05, 0.1) is 0 Å². The van der Waals surface area contributed by atoms with Crippen LogP contribution in [0.4, 0.5) is 0 Å². The van der Waals surface area contributed by atoms with Crippen molar-refractivity contribution in [1.29, 1.82) is 0 Å². The van der Waals surface area contributed by atoms with E-state index in [0.717, 1.165) is 0 Å². The Bertz CT molecular complexity index is 323. The second kappa shape index (κ2) is 4.26. The van der Waals surface area contributed by atoms with Crippen LogP contribution >= 0.6 is 11.3 Å². The third kappa shape index (κ3) is 1.98. The lowest BCUT2D eigenvalue weighted by Crippen LogP contribution is -2.32. The molecule has 1 nitrogen and oxygen atoms in total. The van der Waals surface area contributed by atoms with Crippen LogP contribution in [0, 0.1) is 12.3 Å². The summed E-state index contributed by atoms with van der Waals surface area (Å²) in [5.74, 6) is 0. The highest BCUT2D eigenvalue weighted by Crippen LogP contribution is 2.48. The maximum atomic E-state index is 3.53. The molecular weight excluding hydrogens is 202 g/mol. The first kappa shape index (κ1) is 11.2. The predicted octanol–water partition coefficient (Wildman–Crippen LogP) is 3.90. The predicted molar refractivity (Wildman–Crippen MR) is 67.4 cm³/mol. The molecule has 1 N–H and O–H groups in total. The Morgan fingerprint density at radius 1 is 1.40 bits per heavy atom. The van der Waals surface area contributed by atoms with Crippen LogP contribution < -0.4 is 5.32 Å². The van der Waals surface area contributed by atoms with Crippen LogP contribution in [-0.4, -0.2) is 7.05 Å². The summed E-state index contributed by atoms with van der Waals surface area (Å²) < 4.78 is 0. The Kier molecular flexibility index (Phi) is 3.17. The van der Waals surface area contributed by atoms with Gasteiger partial charge < -0.3 is 5.32 Å². The minimum Gasteiger partial charge on any atom is -0.313 e. The molecule has 1 unspecified atom stereocenters. The lowest BCUT2D eigenvalue weighted by atomic mass is 9.77. The quantitative estimate of drug-likeness (QED) is 0.819. The molecule has 1 heterocycles. The normalized spacial score (nSPS) is 21.8. The smallest absolute Gasteiger partial charge is 0.0383 e. The Balaban J connectivity index is 2.27. The molecule has 2 rings (SSSR count). The van der Waals surface area contributed by atoms with E-state index in [1.54, 1.807) is 0 Å². The number of thiophene rings is 1. The average molecular weight is 223 g/mol. The molecule has 1 aliphatic rings. The van der Waals surface area contributed by atoms with Gasteiger partial charge in [0.1, 0.15) is 0 Å². The molecule has 0 aromatic carbocycles. The molecule has 0 aliphatic heterocycles. The van der Waals surface area contributed by atoms with E-state index in [0.29, 0.717) is 11.5 Å². The van der Waals surface area contributed by atoms with Gasteiger partial charge in [0.2, 0.25) is 0 Å². The fraction of sp³-hybridized carbons (Fsp3) is 0.692. The summed E-state index contributed by atoms with van der Waals surface area (Å²) >= 11 is 1.87. The molecule has 0 amide bonds. The first-order chi connectivity index (χ1) is 7.17. The van der Waals surface area contributed by atoms with Crippen molar-refractivity contribution in [3.8, 4) is 0 Å². The van der Waals surface area contributed by atoms with Gasteiger partial charge in [-0.15, -0.1) is 11.3 Å². The number of rotatable bonds is 3. The summed E-state index contributed by atoms with van der Waals surface area (Å²) in [6.45, 7) is 4.68. The first-order valence-corrected chi connectivity index (χ1v) is 6.76. The maximum Gasteiger partial charge on any atom is 0.0383 e. The van der Waals surface area contributed by atoms with E-state index in [4.69, 9.17) is 0 Å². The van der Waals surface area contributed by atoms with E-state index in [9.17, 15) is 0 Å². The van der Waals surface area contributed by atoms with Crippen LogP contribution in [0.15, 0.2) is 11.4 Å².